The van der Waals surface area contributed by atoms with E-state index >= 15 is 0 Å². The highest BCUT2D eigenvalue weighted by Gasteiger charge is 2.18. The number of carbonyl (C=O) groups is 1. The van der Waals surface area contributed by atoms with Crippen LogP contribution in [0.2, 0.25) is 0 Å². The Hall–Kier alpha value is -3.79. The molecule has 0 saturated carbocycles. The summed E-state index contributed by atoms with van der Waals surface area (Å²) >= 11 is 1.46. The third-order valence-corrected chi connectivity index (χ3v) is 5.93. The standard InChI is InChI=1S/C22H22N6O3S/c1-31-17-10-14(7-8-16(17)29)20(30)26-15(9-13-5-3-2-4-6-13)11-32-21-18-19(25-12-24-18)27-22(23)28-21/h2-8,10,12,15,29H,9,11H2,1H3,(H,26,30)(H3,23,24,25,27,28)/t15-/m1/s1. The Kier molecular flexibility index (Phi) is 6.41. The number of aromatic hydroxyl groups is 1. The Morgan fingerprint density at radius 3 is 2.84 bits per heavy atom. The molecule has 2 aromatic heterocycles. The highest BCUT2D eigenvalue weighted by atomic mass is 32.2. The summed E-state index contributed by atoms with van der Waals surface area (Å²) in [4.78, 5) is 28.6. The number of aromatic amines is 1. The van der Waals surface area contributed by atoms with Crippen LogP contribution in [0.15, 0.2) is 59.9 Å². The lowest BCUT2D eigenvalue weighted by molar-refractivity contribution is 0.0940. The fourth-order valence-corrected chi connectivity index (χ4v) is 4.26. The maximum atomic E-state index is 12.9. The molecule has 0 spiro atoms. The van der Waals surface area contributed by atoms with Gasteiger partial charge in [0.2, 0.25) is 5.95 Å². The number of amides is 1. The Morgan fingerprint density at radius 2 is 2.06 bits per heavy atom. The maximum absolute atomic E-state index is 12.9. The molecule has 0 saturated heterocycles. The number of nitrogens with one attached hydrogen (secondary N) is 2. The van der Waals surface area contributed by atoms with Crippen LogP contribution < -0.4 is 15.8 Å². The second-order valence-electron chi connectivity index (χ2n) is 7.05. The number of benzene rings is 2. The van der Waals surface area contributed by atoms with Crippen molar-refractivity contribution in [1.29, 1.82) is 0 Å². The largest absolute Gasteiger partial charge is 0.504 e. The van der Waals surface area contributed by atoms with Crippen LogP contribution in [0.4, 0.5) is 5.95 Å². The fourth-order valence-electron chi connectivity index (χ4n) is 3.24. The zero-order chi connectivity index (χ0) is 22.5. The molecule has 0 aliphatic carbocycles. The Morgan fingerprint density at radius 1 is 1.25 bits per heavy atom. The van der Waals surface area contributed by atoms with Crippen LogP contribution >= 0.6 is 11.8 Å². The Bertz CT molecular complexity index is 1230. The van der Waals surface area contributed by atoms with Crippen molar-refractivity contribution in [3.8, 4) is 11.5 Å². The van der Waals surface area contributed by atoms with Gasteiger partial charge in [0.05, 0.1) is 13.4 Å². The number of H-pyrrole nitrogens is 1. The number of methoxy groups -OCH3 is 1. The van der Waals surface area contributed by atoms with Crippen LogP contribution in [0.1, 0.15) is 15.9 Å². The number of phenols is 1. The van der Waals surface area contributed by atoms with Gasteiger partial charge < -0.3 is 25.9 Å². The molecule has 10 heteroatoms. The number of phenolic OH excluding ortho intramolecular Hbond substituents is 1. The molecule has 1 amide bonds. The minimum Gasteiger partial charge on any atom is -0.504 e. The van der Waals surface area contributed by atoms with Crippen molar-refractivity contribution in [2.75, 3.05) is 18.6 Å². The van der Waals surface area contributed by atoms with E-state index in [2.05, 4.69) is 25.3 Å². The predicted molar refractivity (Wildman–Crippen MR) is 123 cm³/mol. The van der Waals surface area contributed by atoms with Gasteiger partial charge >= 0.3 is 0 Å². The molecule has 0 bridgehead atoms. The number of hydrogen-bond donors (Lipinski definition) is 4. The molecule has 2 heterocycles. The maximum Gasteiger partial charge on any atom is 0.251 e. The molecule has 9 nitrogen and oxygen atoms in total. The molecule has 0 aliphatic heterocycles. The first-order chi connectivity index (χ1) is 15.5. The van der Waals surface area contributed by atoms with E-state index in [4.69, 9.17) is 10.5 Å². The van der Waals surface area contributed by atoms with Gasteiger partial charge in [-0.25, -0.2) is 9.97 Å². The van der Waals surface area contributed by atoms with E-state index in [1.807, 2.05) is 30.3 Å². The minimum atomic E-state index is -0.265. The van der Waals surface area contributed by atoms with Gasteiger partial charge in [-0.1, -0.05) is 30.3 Å². The number of imidazole rings is 1. The third-order valence-electron chi connectivity index (χ3n) is 4.79. The van der Waals surface area contributed by atoms with E-state index in [0.717, 1.165) is 5.56 Å². The van der Waals surface area contributed by atoms with Crippen molar-refractivity contribution in [1.82, 2.24) is 25.3 Å². The smallest absolute Gasteiger partial charge is 0.251 e. The van der Waals surface area contributed by atoms with Gasteiger partial charge in [-0.15, -0.1) is 11.8 Å². The number of anilines is 1. The molecule has 4 aromatic rings. The molecule has 2 aromatic carbocycles. The molecular weight excluding hydrogens is 428 g/mol. The number of nitrogens with zero attached hydrogens (tertiary/aromatic N) is 3. The van der Waals surface area contributed by atoms with Crippen LogP contribution in [0.3, 0.4) is 0 Å². The van der Waals surface area contributed by atoms with E-state index in [9.17, 15) is 9.90 Å². The van der Waals surface area contributed by atoms with Gasteiger partial charge in [0.25, 0.3) is 5.91 Å². The number of ether oxygens (including phenoxy) is 1. The molecule has 164 valence electrons. The number of nitrogens with two attached hydrogens (primary N) is 1. The van der Waals surface area contributed by atoms with E-state index in [1.54, 1.807) is 12.4 Å². The van der Waals surface area contributed by atoms with Crippen molar-refractivity contribution >= 4 is 34.8 Å². The summed E-state index contributed by atoms with van der Waals surface area (Å²) in [5.41, 5.74) is 8.51. The summed E-state index contributed by atoms with van der Waals surface area (Å²) in [7, 11) is 1.44. The highest BCUT2D eigenvalue weighted by molar-refractivity contribution is 7.99. The quantitative estimate of drug-likeness (QED) is 0.237. The van der Waals surface area contributed by atoms with Gasteiger partial charge in [-0.3, -0.25) is 4.79 Å². The second-order valence-corrected chi connectivity index (χ2v) is 8.05. The number of aromatic nitrogens is 4. The summed E-state index contributed by atoms with van der Waals surface area (Å²) in [6.45, 7) is 0. The zero-order valence-corrected chi connectivity index (χ0v) is 18.1. The average Bonchev–Trinajstić information content (AvgIpc) is 3.26. The van der Waals surface area contributed by atoms with Crippen molar-refractivity contribution < 1.29 is 14.6 Å². The SMILES string of the molecule is COc1cc(C(=O)N[C@@H](CSc2nc(N)nc3nc[nH]c23)Cc2ccccc2)ccc1O. The van der Waals surface area contributed by atoms with Gasteiger partial charge in [0.15, 0.2) is 17.1 Å². The zero-order valence-electron chi connectivity index (χ0n) is 17.3. The summed E-state index contributed by atoms with van der Waals surface area (Å²) in [5, 5.41) is 13.6. The summed E-state index contributed by atoms with van der Waals surface area (Å²) in [6.07, 6.45) is 2.17. The number of rotatable bonds is 8. The molecule has 0 aliphatic rings. The predicted octanol–water partition coefficient (Wildman–Crippen LogP) is 2.78. The fraction of sp³-hybridized carbons (Fsp3) is 0.182. The van der Waals surface area contributed by atoms with Gasteiger partial charge in [-0.2, -0.15) is 4.98 Å². The van der Waals surface area contributed by atoms with Crippen molar-refractivity contribution in [2.24, 2.45) is 0 Å². The van der Waals surface area contributed by atoms with Gasteiger partial charge in [0, 0.05) is 17.4 Å². The molecule has 1 atom stereocenters. The summed E-state index contributed by atoms with van der Waals surface area (Å²) in [6, 6.07) is 14.2. The lowest BCUT2D eigenvalue weighted by Crippen LogP contribution is -2.38. The van der Waals surface area contributed by atoms with Crippen LogP contribution in [-0.4, -0.2) is 49.9 Å². The van der Waals surface area contributed by atoms with Crippen LogP contribution in [0.5, 0.6) is 11.5 Å². The van der Waals surface area contributed by atoms with E-state index in [1.165, 1.54) is 31.0 Å². The van der Waals surface area contributed by atoms with Crippen LogP contribution in [0, 0.1) is 0 Å². The van der Waals surface area contributed by atoms with Gasteiger partial charge in [0.1, 0.15) is 10.5 Å². The van der Waals surface area contributed by atoms with E-state index < -0.39 is 0 Å². The number of carbonyl (C=O) groups excluding carboxylic acids is 1. The highest BCUT2D eigenvalue weighted by Crippen LogP contribution is 2.27. The minimum absolute atomic E-state index is 0.0228. The average molecular weight is 451 g/mol. The topological polar surface area (TPSA) is 139 Å². The summed E-state index contributed by atoms with van der Waals surface area (Å²) in [5.74, 6) is 0.640. The van der Waals surface area contributed by atoms with E-state index in [0.29, 0.717) is 33.9 Å². The Balaban J connectivity index is 1.54. The first-order valence-corrected chi connectivity index (χ1v) is 10.8. The molecule has 0 unspecified atom stereocenters. The lowest BCUT2D eigenvalue weighted by atomic mass is 10.1. The van der Waals surface area contributed by atoms with Gasteiger partial charge in [-0.05, 0) is 30.2 Å². The number of nitrogen functional groups attached to an aromatic ring is 1. The Labute approximate surface area is 188 Å². The molecular formula is C22H22N6O3S. The first-order valence-electron chi connectivity index (χ1n) is 9.84. The molecule has 32 heavy (non-hydrogen) atoms. The third kappa shape index (κ3) is 4.92. The summed E-state index contributed by atoms with van der Waals surface area (Å²) < 4.78 is 5.12. The number of hydrogen-bond acceptors (Lipinski definition) is 8. The number of thioether (sulfide) groups is 1. The monoisotopic (exact) mass is 450 g/mol. The first kappa shape index (κ1) is 21.4. The van der Waals surface area contributed by atoms with Crippen LogP contribution in [0.25, 0.3) is 11.2 Å². The molecule has 0 fully saturated rings. The van der Waals surface area contributed by atoms with Crippen molar-refractivity contribution in [3.63, 3.8) is 0 Å². The van der Waals surface area contributed by atoms with Crippen molar-refractivity contribution in [2.45, 2.75) is 17.5 Å². The van der Waals surface area contributed by atoms with Crippen molar-refractivity contribution in [3.05, 3.63) is 66.0 Å². The lowest BCUT2D eigenvalue weighted by Gasteiger charge is -2.19. The molecule has 5 N–H and O–H groups in total. The second kappa shape index (κ2) is 9.56. The van der Waals surface area contributed by atoms with E-state index in [-0.39, 0.29) is 29.4 Å². The molecule has 4 rings (SSSR count). The molecule has 0 radical (unpaired) electrons. The normalized spacial score (nSPS) is 11.9. The van der Waals surface area contributed by atoms with Crippen LogP contribution in [-0.2, 0) is 6.42 Å². The number of fused-ring (bicyclic) bond motifs is 1.